The minimum Gasteiger partial charge on any atom is -0.364 e. The molecule has 2 N–H and O–H groups in total. The molecular formula is C49H50N10O4S3. The maximum Gasteiger partial charge on any atom is 0.253 e. The second-order valence-electron chi connectivity index (χ2n) is 16.6. The summed E-state index contributed by atoms with van der Waals surface area (Å²) in [6.07, 6.45) is 8.10. The van der Waals surface area contributed by atoms with Gasteiger partial charge in [0.1, 0.15) is 4.21 Å². The third kappa shape index (κ3) is 10.1. The summed E-state index contributed by atoms with van der Waals surface area (Å²) in [4.78, 5) is 18.9. The van der Waals surface area contributed by atoms with Crippen LogP contribution in [0.25, 0.3) is 0 Å². The van der Waals surface area contributed by atoms with E-state index in [0.29, 0.717) is 41.5 Å². The van der Waals surface area contributed by atoms with Crippen molar-refractivity contribution in [3.63, 3.8) is 0 Å². The average molecular weight is 939 g/mol. The number of anilines is 2. The number of nitrogens with zero attached hydrogens (tertiary/aromatic N) is 8. The van der Waals surface area contributed by atoms with Crippen LogP contribution in [0.1, 0.15) is 70.5 Å². The van der Waals surface area contributed by atoms with E-state index in [4.69, 9.17) is 0 Å². The van der Waals surface area contributed by atoms with Crippen molar-refractivity contribution in [1.82, 2.24) is 28.5 Å². The highest BCUT2D eigenvalue weighted by Gasteiger charge is 2.41. The Kier molecular flexibility index (Phi) is 13.8. The van der Waals surface area contributed by atoms with Crippen LogP contribution in [0.3, 0.4) is 0 Å². The zero-order valence-corrected chi connectivity index (χ0v) is 39.2. The lowest BCUT2D eigenvalue weighted by Crippen LogP contribution is -2.47. The fourth-order valence-electron chi connectivity index (χ4n) is 8.96. The molecule has 0 saturated carbocycles. The fourth-order valence-corrected chi connectivity index (χ4v) is 12.9. The number of rotatable bonds is 11. The predicted molar refractivity (Wildman–Crippen MR) is 256 cm³/mol. The molecule has 14 nitrogen and oxygen atoms in total. The number of aromatic amines is 2. The molecule has 0 saturated heterocycles. The minimum absolute atomic E-state index is 0.0232. The number of benzene rings is 4. The highest BCUT2D eigenvalue weighted by atomic mass is 32.2. The highest BCUT2D eigenvalue weighted by molar-refractivity contribution is 7.91. The Labute approximate surface area is 390 Å². The first kappa shape index (κ1) is 45.9. The van der Waals surface area contributed by atoms with Gasteiger partial charge in [0.05, 0.1) is 66.7 Å². The molecule has 5 heterocycles. The molecule has 17 heteroatoms. The standard InChI is InChI=1S/C26H25N5O2S2.C23H25N5O2S/c1-19(21-6-3-2-4-7-21)25-17-30(16-23-14-28-18-29-23)24-10-9-20(13-27)12-22(24)15-31(25)35(32,33)26-8-5-11-34-26;1-17(19-6-4-3-5-7-19)23-15-27(14-21-12-25-16-26-21)22-9-8-18(11-24)10-20(22)13-28(23)31(2,29)30/h2-12,14,18-19,25H,15-17H2,1H3,(H,28,29);3-10,12,16-17,23H,13-15H2,1-2H3,(H,25,26)/t19-,25+;17-,23-/m11/s1. The lowest BCUT2D eigenvalue weighted by molar-refractivity contribution is 0.288. The first-order valence-corrected chi connectivity index (χ1v) is 25.6. The van der Waals surface area contributed by atoms with E-state index in [-0.39, 0.29) is 37.0 Å². The van der Waals surface area contributed by atoms with Crippen LogP contribution in [0.15, 0.2) is 144 Å². The molecule has 0 bridgehead atoms. The quantitative estimate of drug-likeness (QED) is 0.129. The molecule has 7 aromatic rings. The molecule has 2 aliphatic rings. The lowest BCUT2D eigenvalue weighted by atomic mass is 9.93. The van der Waals surface area contributed by atoms with Crippen molar-refractivity contribution in [1.29, 1.82) is 10.5 Å². The topological polar surface area (TPSA) is 186 Å². The van der Waals surface area contributed by atoms with Gasteiger partial charge in [-0.3, -0.25) is 0 Å². The molecule has 0 fully saturated rings. The average Bonchev–Trinajstić information content (AvgIpc) is 4.14. The summed E-state index contributed by atoms with van der Waals surface area (Å²) in [6.45, 7) is 6.68. The predicted octanol–water partition coefficient (Wildman–Crippen LogP) is 7.96. The van der Waals surface area contributed by atoms with Gasteiger partial charge in [-0.2, -0.15) is 19.1 Å². The second kappa shape index (κ2) is 19.9. The Balaban J connectivity index is 0.000000181. The number of fused-ring (bicyclic) bond motifs is 2. The molecule has 3 aromatic heterocycles. The Morgan fingerprint density at radius 3 is 1.55 bits per heavy atom. The van der Waals surface area contributed by atoms with Crippen LogP contribution in [0.4, 0.5) is 11.4 Å². The monoisotopic (exact) mass is 938 g/mol. The molecule has 0 radical (unpaired) electrons. The van der Waals surface area contributed by atoms with E-state index in [1.807, 2.05) is 78.9 Å². The molecule has 0 unspecified atom stereocenters. The van der Waals surface area contributed by atoms with Crippen molar-refractivity contribution in [3.05, 3.63) is 184 Å². The van der Waals surface area contributed by atoms with Gasteiger partial charge in [-0.1, -0.05) is 80.6 Å². The van der Waals surface area contributed by atoms with Crippen LogP contribution in [-0.4, -0.2) is 76.8 Å². The fraction of sp³-hybridized carbons (Fsp3) is 0.265. The van der Waals surface area contributed by atoms with Gasteiger partial charge in [0.2, 0.25) is 10.0 Å². The van der Waals surface area contributed by atoms with Gasteiger partial charge in [0, 0.05) is 62.0 Å². The van der Waals surface area contributed by atoms with Gasteiger partial charge >= 0.3 is 0 Å². The van der Waals surface area contributed by atoms with Crippen molar-refractivity contribution < 1.29 is 16.8 Å². The van der Waals surface area contributed by atoms with Crippen molar-refractivity contribution in [2.75, 3.05) is 29.1 Å². The third-order valence-corrected chi connectivity index (χ3v) is 16.9. The van der Waals surface area contributed by atoms with E-state index in [0.717, 1.165) is 45.0 Å². The Morgan fingerprint density at radius 2 is 1.14 bits per heavy atom. The summed E-state index contributed by atoms with van der Waals surface area (Å²) in [5, 5.41) is 20.7. The largest absolute Gasteiger partial charge is 0.364 e. The number of thiophene rings is 1. The first-order valence-electron chi connectivity index (χ1n) is 21.5. The maximum atomic E-state index is 14.0. The van der Waals surface area contributed by atoms with Crippen molar-refractivity contribution >= 4 is 42.8 Å². The summed E-state index contributed by atoms with van der Waals surface area (Å²) >= 11 is 1.22. The summed E-state index contributed by atoms with van der Waals surface area (Å²) < 4.78 is 57.3. The number of imidazole rings is 2. The smallest absolute Gasteiger partial charge is 0.253 e. The molecule has 338 valence electrons. The van der Waals surface area contributed by atoms with Crippen molar-refractivity contribution in [2.45, 2.75) is 68.2 Å². The number of sulfonamides is 2. The molecule has 9 rings (SSSR count). The summed E-state index contributed by atoms with van der Waals surface area (Å²) in [7, 11) is -7.27. The SMILES string of the molecule is C[C@H](c1ccccc1)[C@@H]1CN(Cc2cnc[nH]2)c2ccc(C#N)cc2CN1S(=O)(=O)c1cccs1.C[C@H](c1ccccc1)[C@H]1CN(Cc2cnc[nH]2)c2ccc(C#N)cc2CN1S(C)(=O)=O. The van der Waals surface area contributed by atoms with Crippen LogP contribution in [0.5, 0.6) is 0 Å². The van der Waals surface area contributed by atoms with Crippen LogP contribution in [0.2, 0.25) is 0 Å². The zero-order chi connectivity index (χ0) is 46.4. The molecule has 0 aliphatic carbocycles. The Bertz CT molecular complexity index is 3030. The lowest BCUT2D eigenvalue weighted by Gasteiger charge is -2.35. The summed E-state index contributed by atoms with van der Waals surface area (Å²) in [5.41, 5.74) is 8.56. The van der Waals surface area contributed by atoms with Gasteiger partial charge < -0.3 is 19.8 Å². The molecule has 4 aromatic carbocycles. The maximum absolute atomic E-state index is 14.0. The Hall–Kier alpha value is -6.60. The van der Waals surface area contributed by atoms with Crippen LogP contribution >= 0.6 is 11.3 Å². The second-order valence-corrected chi connectivity index (χ2v) is 21.6. The number of nitrogens with one attached hydrogen (secondary N) is 2. The van der Waals surface area contributed by atoms with Crippen LogP contribution < -0.4 is 9.80 Å². The number of nitriles is 2. The minimum atomic E-state index is -3.77. The molecule has 66 heavy (non-hydrogen) atoms. The molecule has 2 aliphatic heterocycles. The van der Waals surface area contributed by atoms with Crippen molar-refractivity contribution in [2.24, 2.45) is 0 Å². The Morgan fingerprint density at radius 1 is 0.667 bits per heavy atom. The van der Waals surface area contributed by atoms with E-state index in [1.165, 1.54) is 17.6 Å². The summed E-state index contributed by atoms with van der Waals surface area (Å²) in [5.74, 6) is -0.0927. The first-order chi connectivity index (χ1) is 31.8. The number of H-pyrrole nitrogens is 2. The normalized spacial score (nSPS) is 17.7. The van der Waals surface area contributed by atoms with E-state index < -0.39 is 20.0 Å². The van der Waals surface area contributed by atoms with Gasteiger partial charge in [-0.05, 0) is 81.9 Å². The molecule has 4 atom stereocenters. The van der Waals surface area contributed by atoms with E-state index in [2.05, 4.69) is 55.7 Å². The third-order valence-electron chi connectivity index (χ3n) is 12.4. The number of hydrogen-bond donors (Lipinski definition) is 2. The van der Waals surface area contributed by atoms with E-state index >= 15 is 0 Å². The number of hydrogen-bond acceptors (Lipinski definition) is 11. The molecule has 0 amide bonds. The van der Waals surface area contributed by atoms with Gasteiger partial charge in [-0.25, -0.2) is 26.8 Å². The van der Waals surface area contributed by atoms with E-state index in [1.54, 1.807) is 69.4 Å². The molecule has 0 spiro atoms. The van der Waals surface area contributed by atoms with Gasteiger partial charge in [0.15, 0.2) is 0 Å². The van der Waals surface area contributed by atoms with Crippen LogP contribution in [0, 0.1) is 22.7 Å². The van der Waals surface area contributed by atoms with Crippen LogP contribution in [-0.2, 0) is 46.2 Å². The zero-order valence-electron chi connectivity index (χ0n) is 36.8. The van der Waals surface area contributed by atoms with Crippen molar-refractivity contribution in [3.8, 4) is 12.1 Å². The highest BCUT2D eigenvalue weighted by Crippen LogP contribution is 2.39. The number of aromatic nitrogens is 4. The summed E-state index contributed by atoms with van der Waals surface area (Å²) in [6, 6.07) is 38.2. The van der Waals surface area contributed by atoms with Gasteiger partial charge in [0.25, 0.3) is 10.0 Å². The van der Waals surface area contributed by atoms with E-state index in [9.17, 15) is 27.4 Å². The molecular weight excluding hydrogens is 889 g/mol. The van der Waals surface area contributed by atoms with Gasteiger partial charge in [-0.15, -0.1) is 11.3 Å².